The second-order valence-electron chi connectivity index (χ2n) is 3.54. The maximum atomic E-state index is 6.03. The van der Waals surface area contributed by atoms with Gasteiger partial charge >= 0.3 is 0 Å². The molecule has 2 aromatic rings. The first kappa shape index (κ1) is 13.3. The summed E-state index contributed by atoms with van der Waals surface area (Å²) in [5.41, 5.74) is 8.00. The van der Waals surface area contributed by atoms with E-state index in [0.29, 0.717) is 10.0 Å². The maximum absolute atomic E-state index is 6.03. The van der Waals surface area contributed by atoms with Crippen molar-refractivity contribution in [2.75, 3.05) is 5.32 Å². The number of anilines is 2. The monoisotopic (exact) mass is 341 g/mol. The number of nitrogens with one attached hydrogen (secondary N) is 1. The van der Waals surface area contributed by atoms with Crippen LogP contribution in [0.3, 0.4) is 0 Å². The van der Waals surface area contributed by atoms with E-state index < -0.39 is 0 Å². The van der Waals surface area contributed by atoms with Crippen LogP contribution < -0.4 is 11.1 Å². The molecule has 18 heavy (non-hydrogen) atoms. The van der Waals surface area contributed by atoms with Crippen molar-refractivity contribution in [2.45, 2.75) is 0 Å². The molecule has 0 aliphatic rings. The molecule has 0 spiro atoms. The minimum atomic E-state index is 0.322. The first-order chi connectivity index (χ1) is 8.58. The Balaban J connectivity index is 2.34. The van der Waals surface area contributed by atoms with Gasteiger partial charge in [0.1, 0.15) is 4.99 Å². The molecule has 0 aliphatic carbocycles. The number of hydrogen-bond donors (Lipinski definition) is 2. The maximum Gasteiger partial charge on any atom is 0.106 e. The molecular weight excluding hydrogens is 334 g/mol. The zero-order valence-corrected chi connectivity index (χ0v) is 12.3. The zero-order chi connectivity index (χ0) is 13.1. The van der Waals surface area contributed by atoms with E-state index in [1.54, 1.807) is 18.5 Å². The number of hydrogen-bond acceptors (Lipinski definition) is 3. The predicted molar refractivity (Wildman–Crippen MR) is 82.6 cm³/mol. The van der Waals surface area contributed by atoms with Crippen molar-refractivity contribution >= 4 is 56.1 Å². The van der Waals surface area contributed by atoms with Crippen molar-refractivity contribution in [3.8, 4) is 0 Å². The summed E-state index contributed by atoms with van der Waals surface area (Å²) in [4.78, 5) is 4.37. The average Bonchev–Trinajstić information content (AvgIpc) is 2.34. The fourth-order valence-electron chi connectivity index (χ4n) is 1.44. The van der Waals surface area contributed by atoms with Gasteiger partial charge < -0.3 is 11.1 Å². The molecule has 0 atom stereocenters. The Hall–Kier alpha value is -1.17. The Bertz CT molecular complexity index is 604. The Morgan fingerprint density at radius 3 is 2.83 bits per heavy atom. The van der Waals surface area contributed by atoms with Crippen molar-refractivity contribution in [3.05, 3.63) is 51.7 Å². The normalized spacial score (nSPS) is 10.1. The van der Waals surface area contributed by atoms with Gasteiger partial charge in [-0.2, -0.15) is 0 Å². The highest BCUT2D eigenvalue weighted by Crippen LogP contribution is 2.28. The molecular formula is C12H9BrClN3S. The quantitative estimate of drug-likeness (QED) is 0.831. The van der Waals surface area contributed by atoms with Gasteiger partial charge in [0.05, 0.1) is 16.9 Å². The summed E-state index contributed by atoms with van der Waals surface area (Å²) in [6.45, 7) is 0. The molecule has 92 valence electrons. The second kappa shape index (κ2) is 5.65. The summed E-state index contributed by atoms with van der Waals surface area (Å²) >= 11 is 14.4. The molecule has 1 aromatic heterocycles. The standard InChI is InChI=1S/C12H9BrClN3S/c13-9-2-1-7(5-10(9)14)17-11-6-16-4-3-8(11)12(15)18/h1-6,17H,(H2,15,18). The summed E-state index contributed by atoms with van der Waals surface area (Å²) in [6, 6.07) is 7.33. The molecule has 2 rings (SSSR count). The van der Waals surface area contributed by atoms with Gasteiger partial charge in [-0.3, -0.25) is 4.98 Å². The first-order valence-corrected chi connectivity index (χ1v) is 6.62. The molecule has 0 aliphatic heterocycles. The van der Waals surface area contributed by atoms with Gasteiger partial charge in [-0.05, 0) is 40.2 Å². The molecule has 1 heterocycles. The largest absolute Gasteiger partial charge is 0.389 e. The fourth-order valence-corrected chi connectivity index (χ4v) is 2.04. The lowest BCUT2D eigenvalue weighted by molar-refractivity contribution is 1.31. The van der Waals surface area contributed by atoms with Gasteiger partial charge in [0.25, 0.3) is 0 Å². The van der Waals surface area contributed by atoms with E-state index in [2.05, 4.69) is 26.2 Å². The van der Waals surface area contributed by atoms with E-state index in [1.807, 2.05) is 18.2 Å². The molecule has 0 saturated heterocycles. The molecule has 0 fully saturated rings. The van der Waals surface area contributed by atoms with Crippen molar-refractivity contribution in [1.29, 1.82) is 0 Å². The topological polar surface area (TPSA) is 50.9 Å². The van der Waals surface area contributed by atoms with Crippen molar-refractivity contribution in [1.82, 2.24) is 4.98 Å². The lowest BCUT2D eigenvalue weighted by atomic mass is 10.2. The van der Waals surface area contributed by atoms with Gasteiger partial charge in [-0.25, -0.2) is 0 Å². The third-order valence-corrected chi connectivity index (χ3v) is 3.74. The second-order valence-corrected chi connectivity index (χ2v) is 5.24. The van der Waals surface area contributed by atoms with E-state index >= 15 is 0 Å². The third-order valence-electron chi connectivity index (χ3n) is 2.29. The number of aromatic nitrogens is 1. The third kappa shape index (κ3) is 2.98. The highest BCUT2D eigenvalue weighted by molar-refractivity contribution is 9.10. The molecule has 0 bridgehead atoms. The summed E-state index contributed by atoms with van der Waals surface area (Å²) in [5.74, 6) is 0. The molecule has 6 heteroatoms. The fraction of sp³-hybridized carbons (Fsp3) is 0. The molecule has 0 radical (unpaired) electrons. The van der Waals surface area contributed by atoms with E-state index in [4.69, 9.17) is 29.6 Å². The Kier molecular flexibility index (Phi) is 4.16. The van der Waals surface area contributed by atoms with E-state index in [1.165, 1.54) is 0 Å². The van der Waals surface area contributed by atoms with Crippen LogP contribution >= 0.6 is 39.7 Å². The van der Waals surface area contributed by atoms with Gasteiger partial charge in [-0.15, -0.1) is 0 Å². The zero-order valence-electron chi connectivity index (χ0n) is 9.15. The highest BCUT2D eigenvalue weighted by atomic mass is 79.9. The highest BCUT2D eigenvalue weighted by Gasteiger charge is 2.06. The van der Waals surface area contributed by atoms with Gasteiger partial charge in [0.2, 0.25) is 0 Å². The van der Waals surface area contributed by atoms with Crippen LogP contribution in [0.1, 0.15) is 5.56 Å². The Morgan fingerprint density at radius 2 is 2.17 bits per heavy atom. The molecule has 1 aromatic carbocycles. The number of nitrogens with two attached hydrogens (primary N) is 1. The lowest BCUT2D eigenvalue weighted by Crippen LogP contribution is -2.12. The SMILES string of the molecule is NC(=S)c1ccncc1Nc1ccc(Br)c(Cl)c1. The number of halogens is 2. The van der Waals surface area contributed by atoms with Crippen LogP contribution in [0.2, 0.25) is 5.02 Å². The summed E-state index contributed by atoms with van der Waals surface area (Å²) in [6.07, 6.45) is 3.32. The van der Waals surface area contributed by atoms with E-state index in [9.17, 15) is 0 Å². The number of thiocarbonyl (C=S) groups is 1. The molecule has 0 amide bonds. The van der Waals surface area contributed by atoms with Crippen LogP contribution in [-0.4, -0.2) is 9.97 Å². The number of benzene rings is 1. The van der Waals surface area contributed by atoms with Crippen LogP contribution in [0.25, 0.3) is 0 Å². The van der Waals surface area contributed by atoms with E-state index in [-0.39, 0.29) is 0 Å². The van der Waals surface area contributed by atoms with Gasteiger partial charge in [-0.1, -0.05) is 23.8 Å². The average molecular weight is 343 g/mol. The minimum absolute atomic E-state index is 0.322. The smallest absolute Gasteiger partial charge is 0.106 e. The van der Waals surface area contributed by atoms with Crippen LogP contribution in [-0.2, 0) is 0 Å². The number of pyridine rings is 1. The molecule has 0 saturated carbocycles. The van der Waals surface area contributed by atoms with Gasteiger partial charge in [0, 0.05) is 21.9 Å². The number of nitrogens with zero attached hydrogens (tertiary/aromatic N) is 1. The van der Waals surface area contributed by atoms with Gasteiger partial charge in [0.15, 0.2) is 0 Å². The lowest BCUT2D eigenvalue weighted by Gasteiger charge is -2.11. The van der Waals surface area contributed by atoms with Crippen molar-refractivity contribution < 1.29 is 0 Å². The summed E-state index contributed by atoms with van der Waals surface area (Å²) in [5, 5.41) is 3.81. The van der Waals surface area contributed by atoms with Crippen LogP contribution in [0.5, 0.6) is 0 Å². The van der Waals surface area contributed by atoms with Crippen LogP contribution in [0.15, 0.2) is 41.1 Å². The van der Waals surface area contributed by atoms with Crippen molar-refractivity contribution in [2.24, 2.45) is 5.73 Å². The first-order valence-electron chi connectivity index (χ1n) is 5.04. The summed E-state index contributed by atoms with van der Waals surface area (Å²) in [7, 11) is 0. The summed E-state index contributed by atoms with van der Waals surface area (Å²) < 4.78 is 0.843. The minimum Gasteiger partial charge on any atom is -0.389 e. The van der Waals surface area contributed by atoms with E-state index in [0.717, 1.165) is 21.4 Å². The molecule has 3 nitrogen and oxygen atoms in total. The van der Waals surface area contributed by atoms with Crippen LogP contribution in [0, 0.1) is 0 Å². The Labute approximate surface area is 123 Å². The number of rotatable bonds is 3. The Morgan fingerprint density at radius 1 is 1.39 bits per heavy atom. The molecule has 0 unspecified atom stereocenters. The van der Waals surface area contributed by atoms with Crippen molar-refractivity contribution in [3.63, 3.8) is 0 Å². The van der Waals surface area contributed by atoms with Crippen LogP contribution in [0.4, 0.5) is 11.4 Å². The molecule has 3 N–H and O–H groups in total. The predicted octanol–water partition coefficient (Wildman–Crippen LogP) is 3.88.